The Kier molecular flexibility index (Phi) is 4.41. The number of nitrogens with one attached hydrogen (secondary N) is 1. The molecule has 2 aromatic carbocycles. The molecule has 0 spiro atoms. The van der Waals surface area contributed by atoms with E-state index < -0.39 is 0 Å². The number of methoxy groups -OCH3 is 1. The summed E-state index contributed by atoms with van der Waals surface area (Å²) in [7, 11) is 1.63. The molecule has 1 atom stereocenters. The Morgan fingerprint density at radius 1 is 1.05 bits per heavy atom. The second kappa shape index (κ2) is 6.08. The zero-order chi connectivity index (χ0) is 15.6. The maximum absolute atomic E-state index is 10.1. The summed E-state index contributed by atoms with van der Waals surface area (Å²) in [5.41, 5.74) is 5.62. The Hall–Kier alpha value is -2.16. The van der Waals surface area contributed by atoms with E-state index in [-0.39, 0.29) is 11.8 Å². The van der Waals surface area contributed by atoms with Gasteiger partial charge in [0.1, 0.15) is 11.5 Å². The van der Waals surface area contributed by atoms with Crippen LogP contribution in [0.2, 0.25) is 0 Å². The average Bonchev–Trinajstić information content (AvgIpc) is 2.43. The number of phenolic OH excluding ortho intramolecular Hbond substituents is 1. The van der Waals surface area contributed by atoms with Gasteiger partial charge in [0, 0.05) is 11.3 Å². The molecule has 3 heteroatoms. The monoisotopic (exact) mass is 285 g/mol. The molecule has 2 rings (SSSR count). The van der Waals surface area contributed by atoms with Crippen molar-refractivity contribution in [3.63, 3.8) is 0 Å². The number of hydrogen-bond donors (Lipinski definition) is 2. The zero-order valence-electron chi connectivity index (χ0n) is 13.3. The molecular weight excluding hydrogens is 262 g/mol. The lowest BCUT2D eigenvalue weighted by atomic mass is 10.0. The Labute approximate surface area is 126 Å². The summed E-state index contributed by atoms with van der Waals surface area (Å²) in [5, 5.41) is 13.6. The van der Waals surface area contributed by atoms with Gasteiger partial charge in [-0.2, -0.15) is 0 Å². The van der Waals surface area contributed by atoms with Gasteiger partial charge in [-0.15, -0.1) is 0 Å². The third-order valence-electron chi connectivity index (χ3n) is 3.74. The lowest BCUT2D eigenvalue weighted by Gasteiger charge is -2.21. The molecule has 0 bridgehead atoms. The first kappa shape index (κ1) is 15.2. The van der Waals surface area contributed by atoms with Crippen molar-refractivity contribution in [3.8, 4) is 11.5 Å². The van der Waals surface area contributed by atoms with Crippen LogP contribution >= 0.6 is 0 Å². The molecule has 0 heterocycles. The van der Waals surface area contributed by atoms with Crippen LogP contribution in [0.3, 0.4) is 0 Å². The lowest BCUT2D eigenvalue weighted by molar-refractivity contribution is 0.410. The molecule has 21 heavy (non-hydrogen) atoms. The third-order valence-corrected chi connectivity index (χ3v) is 3.74. The van der Waals surface area contributed by atoms with Gasteiger partial charge in [0.25, 0.3) is 0 Å². The first-order valence-electron chi connectivity index (χ1n) is 7.13. The highest BCUT2D eigenvalue weighted by atomic mass is 16.5. The van der Waals surface area contributed by atoms with Crippen molar-refractivity contribution in [2.75, 3.05) is 12.4 Å². The minimum absolute atomic E-state index is 0.0137. The number of hydrogen-bond acceptors (Lipinski definition) is 3. The molecule has 112 valence electrons. The molecule has 0 aliphatic carbocycles. The molecule has 0 fully saturated rings. The fourth-order valence-electron chi connectivity index (χ4n) is 2.71. The van der Waals surface area contributed by atoms with Gasteiger partial charge in [-0.25, -0.2) is 0 Å². The van der Waals surface area contributed by atoms with Gasteiger partial charge < -0.3 is 15.2 Å². The molecule has 0 aliphatic heterocycles. The minimum Gasteiger partial charge on any atom is -0.508 e. The number of benzene rings is 2. The third kappa shape index (κ3) is 3.30. The number of ether oxygens (including phenoxy) is 1. The molecule has 0 saturated heterocycles. The summed E-state index contributed by atoms with van der Waals surface area (Å²) in [5.74, 6) is 1.02. The Morgan fingerprint density at radius 2 is 1.67 bits per heavy atom. The highest BCUT2D eigenvalue weighted by Crippen LogP contribution is 2.32. The largest absolute Gasteiger partial charge is 0.508 e. The number of rotatable bonds is 4. The number of phenols is 1. The van der Waals surface area contributed by atoms with Crippen LogP contribution in [0.5, 0.6) is 11.5 Å². The normalized spacial score (nSPS) is 12.0. The smallest absolute Gasteiger partial charge is 0.121 e. The Balaban J connectivity index is 2.32. The highest BCUT2D eigenvalue weighted by Gasteiger charge is 2.14. The number of aromatic hydroxyl groups is 1. The molecule has 0 aliphatic rings. The van der Waals surface area contributed by atoms with E-state index in [0.717, 1.165) is 17.0 Å². The van der Waals surface area contributed by atoms with Crippen molar-refractivity contribution in [2.45, 2.75) is 33.7 Å². The molecular formula is C18H23NO2. The van der Waals surface area contributed by atoms with Crippen LogP contribution in [-0.4, -0.2) is 12.2 Å². The zero-order valence-corrected chi connectivity index (χ0v) is 13.3. The summed E-state index contributed by atoms with van der Waals surface area (Å²) in [4.78, 5) is 0. The van der Waals surface area contributed by atoms with E-state index >= 15 is 0 Å². The van der Waals surface area contributed by atoms with Crippen molar-refractivity contribution < 1.29 is 9.84 Å². The van der Waals surface area contributed by atoms with E-state index in [1.807, 2.05) is 13.0 Å². The van der Waals surface area contributed by atoms with Crippen molar-refractivity contribution in [2.24, 2.45) is 0 Å². The predicted molar refractivity (Wildman–Crippen MR) is 87.3 cm³/mol. The van der Waals surface area contributed by atoms with Gasteiger partial charge in [-0.05, 0) is 57.0 Å². The molecule has 0 aromatic heterocycles. The molecule has 0 radical (unpaired) electrons. The van der Waals surface area contributed by atoms with Gasteiger partial charge in [0.2, 0.25) is 0 Å². The van der Waals surface area contributed by atoms with Crippen LogP contribution in [0, 0.1) is 20.8 Å². The quantitative estimate of drug-likeness (QED) is 0.869. The molecule has 0 saturated carbocycles. The van der Waals surface area contributed by atoms with Gasteiger partial charge in [0.15, 0.2) is 0 Å². The van der Waals surface area contributed by atoms with Crippen LogP contribution in [-0.2, 0) is 0 Å². The summed E-state index contributed by atoms with van der Waals surface area (Å²) in [6.07, 6.45) is 0. The fourth-order valence-corrected chi connectivity index (χ4v) is 2.71. The lowest BCUT2D eigenvalue weighted by Crippen LogP contribution is -2.09. The van der Waals surface area contributed by atoms with Crippen molar-refractivity contribution in [1.82, 2.24) is 0 Å². The van der Waals surface area contributed by atoms with E-state index in [1.165, 1.54) is 16.7 Å². The molecule has 3 nitrogen and oxygen atoms in total. The van der Waals surface area contributed by atoms with E-state index in [0.29, 0.717) is 0 Å². The van der Waals surface area contributed by atoms with E-state index in [2.05, 4.69) is 38.2 Å². The van der Waals surface area contributed by atoms with Crippen molar-refractivity contribution >= 4 is 5.69 Å². The average molecular weight is 285 g/mol. The molecule has 2 aromatic rings. The SMILES string of the molecule is COc1ccc(O)c(C(C)Nc2c(C)cc(C)cc2C)c1. The molecule has 1 unspecified atom stereocenters. The number of anilines is 1. The first-order valence-corrected chi connectivity index (χ1v) is 7.13. The second-order valence-corrected chi connectivity index (χ2v) is 5.56. The van der Waals surface area contributed by atoms with Crippen LogP contribution in [0.15, 0.2) is 30.3 Å². The Morgan fingerprint density at radius 3 is 2.24 bits per heavy atom. The summed E-state index contributed by atoms with van der Waals surface area (Å²) in [6.45, 7) is 8.33. The fraction of sp³-hybridized carbons (Fsp3) is 0.333. The predicted octanol–water partition coefficient (Wildman–Crippen LogP) is 4.50. The summed E-state index contributed by atoms with van der Waals surface area (Å²) in [6, 6.07) is 9.60. The van der Waals surface area contributed by atoms with Gasteiger partial charge in [-0.3, -0.25) is 0 Å². The topological polar surface area (TPSA) is 41.5 Å². The minimum atomic E-state index is -0.0137. The van der Waals surface area contributed by atoms with E-state index in [1.54, 1.807) is 19.2 Å². The van der Waals surface area contributed by atoms with Gasteiger partial charge in [-0.1, -0.05) is 17.7 Å². The number of aryl methyl sites for hydroxylation is 3. The van der Waals surface area contributed by atoms with Gasteiger partial charge in [0.05, 0.1) is 13.2 Å². The highest BCUT2D eigenvalue weighted by molar-refractivity contribution is 5.60. The van der Waals surface area contributed by atoms with Crippen LogP contribution < -0.4 is 10.1 Å². The maximum Gasteiger partial charge on any atom is 0.121 e. The van der Waals surface area contributed by atoms with E-state index in [9.17, 15) is 5.11 Å². The van der Waals surface area contributed by atoms with Crippen LogP contribution in [0.25, 0.3) is 0 Å². The first-order chi connectivity index (χ1) is 9.92. The Bertz CT molecular complexity index is 627. The molecule has 2 N–H and O–H groups in total. The molecule has 0 amide bonds. The second-order valence-electron chi connectivity index (χ2n) is 5.56. The van der Waals surface area contributed by atoms with Crippen molar-refractivity contribution in [1.29, 1.82) is 0 Å². The van der Waals surface area contributed by atoms with Crippen LogP contribution in [0.4, 0.5) is 5.69 Å². The van der Waals surface area contributed by atoms with E-state index in [4.69, 9.17) is 4.74 Å². The van der Waals surface area contributed by atoms with Crippen LogP contribution in [0.1, 0.15) is 35.2 Å². The van der Waals surface area contributed by atoms with Crippen molar-refractivity contribution in [3.05, 3.63) is 52.6 Å². The van der Waals surface area contributed by atoms with Gasteiger partial charge >= 0.3 is 0 Å². The summed E-state index contributed by atoms with van der Waals surface area (Å²) < 4.78 is 5.23. The maximum atomic E-state index is 10.1. The summed E-state index contributed by atoms with van der Waals surface area (Å²) >= 11 is 0. The standard InChI is InChI=1S/C18H23NO2/c1-11-8-12(2)18(13(3)9-11)19-14(4)16-10-15(21-5)6-7-17(16)20/h6-10,14,19-20H,1-5H3.